The number of methoxy groups -OCH3 is 3. The lowest BCUT2D eigenvalue weighted by molar-refractivity contribution is -0.275. The Morgan fingerprint density at radius 1 is 0.580 bits per heavy atom. The van der Waals surface area contributed by atoms with Crippen molar-refractivity contribution in [3.63, 3.8) is 0 Å². The lowest BCUT2D eigenvalue weighted by Gasteiger charge is -2.16. The highest BCUT2D eigenvalue weighted by molar-refractivity contribution is 9.10. The number of carbonyl (C=O) groups is 3. The maximum absolute atomic E-state index is 14.9. The van der Waals surface area contributed by atoms with E-state index < -0.39 is 64.8 Å². The number of anilines is 2. The largest absolute Gasteiger partial charge is 0.573 e. The molecule has 0 spiro atoms. The van der Waals surface area contributed by atoms with Gasteiger partial charge in [-0.05, 0) is 89.4 Å². The minimum absolute atomic E-state index is 0.0714. The zero-order valence-corrected chi connectivity index (χ0v) is 38.8. The van der Waals surface area contributed by atoms with Gasteiger partial charge < -0.3 is 43.8 Å². The first kappa shape index (κ1) is 52.9. The molecule has 0 bridgehead atoms. The predicted octanol–water partition coefficient (Wildman–Crippen LogP) is 12.8. The van der Waals surface area contributed by atoms with Crippen molar-refractivity contribution in [3.05, 3.63) is 139 Å². The normalized spacial score (nSPS) is 11.1. The highest BCUT2D eigenvalue weighted by Crippen LogP contribution is 2.41. The molecule has 14 nitrogen and oxygen atoms in total. The molecule has 0 unspecified atom stereocenters. The minimum atomic E-state index is -4.94. The lowest BCUT2D eigenvalue weighted by atomic mass is 10.1. The van der Waals surface area contributed by atoms with Gasteiger partial charge in [-0.3, -0.25) is 9.59 Å². The Hall–Kier alpha value is -7.11. The summed E-state index contributed by atoms with van der Waals surface area (Å²) in [6.07, 6.45) is -7.03. The van der Waals surface area contributed by atoms with E-state index in [1.54, 1.807) is 13.8 Å². The number of pyridine rings is 2. The number of ether oxygens (including phenoxy) is 7. The number of aromatic nitrogens is 2. The van der Waals surface area contributed by atoms with Gasteiger partial charge >= 0.3 is 18.7 Å². The summed E-state index contributed by atoms with van der Waals surface area (Å²) in [7, 11) is 3.51. The Morgan fingerprint density at radius 2 is 1.00 bits per heavy atom. The molecule has 0 radical (unpaired) electrons. The average Bonchev–Trinajstić information content (AvgIpc) is 3.25. The monoisotopic (exact) mass is 1080 g/mol. The Labute approximate surface area is 403 Å². The van der Waals surface area contributed by atoms with Crippen LogP contribution >= 0.6 is 39.1 Å². The Balaban J connectivity index is 0.000000258. The van der Waals surface area contributed by atoms with Crippen LogP contribution in [-0.2, 0) is 4.74 Å². The van der Waals surface area contributed by atoms with Crippen molar-refractivity contribution >= 4 is 68.3 Å². The second kappa shape index (κ2) is 22.3. The molecule has 69 heavy (non-hydrogen) atoms. The van der Waals surface area contributed by atoms with E-state index in [9.17, 15) is 49.5 Å². The third kappa shape index (κ3) is 14.4. The van der Waals surface area contributed by atoms with Crippen molar-refractivity contribution in [3.8, 4) is 46.0 Å². The summed E-state index contributed by atoms with van der Waals surface area (Å²) in [4.78, 5) is 45.6. The van der Waals surface area contributed by atoms with Gasteiger partial charge in [0, 0.05) is 58.1 Å². The second-order valence-electron chi connectivity index (χ2n) is 13.6. The topological polar surface area (TPSA) is 166 Å². The van der Waals surface area contributed by atoms with Crippen molar-refractivity contribution in [2.75, 3.05) is 32.0 Å². The molecule has 0 saturated heterocycles. The number of hydrogen-bond acceptors (Lipinski definition) is 12. The van der Waals surface area contributed by atoms with Crippen LogP contribution in [0.4, 0.5) is 46.5 Å². The summed E-state index contributed by atoms with van der Waals surface area (Å²) in [6.45, 7) is 3.29. The van der Waals surface area contributed by atoms with Gasteiger partial charge in [0.2, 0.25) is 0 Å². The molecule has 2 heterocycles. The van der Waals surface area contributed by atoms with Crippen LogP contribution in [0.1, 0.15) is 42.3 Å². The van der Waals surface area contributed by atoms with Crippen molar-refractivity contribution in [2.24, 2.45) is 0 Å². The summed E-state index contributed by atoms with van der Waals surface area (Å²) < 4.78 is 139. The van der Waals surface area contributed by atoms with Crippen LogP contribution in [0.15, 0.2) is 89.8 Å². The molecule has 0 atom stereocenters. The van der Waals surface area contributed by atoms with Gasteiger partial charge in [0.25, 0.3) is 11.8 Å². The number of carbonyl (C=O) groups excluding carboxylic acids is 3. The molecule has 25 heteroatoms. The summed E-state index contributed by atoms with van der Waals surface area (Å²) in [5.74, 6) is -7.00. The fourth-order valence-electron chi connectivity index (χ4n) is 5.67. The van der Waals surface area contributed by atoms with E-state index in [0.717, 1.165) is 68.8 Å². The quantitative estimate of drug-likeness (QED) is 0.0640. The first-order chi connectivity index (χ1) is 32.4. The SMILES string of the molecule is COC(=O)c1cc(NC(=O)c2c(F)cc(Cl)cc2Oc2ccc(OC(F)(F)F)cc2OC)c(C)cn1.COc1cc(OC(F)(F)F)ccc1Oc1cc(Cl)cc(F)c1C(=O)Nc1cc(Br)ncc1C. The van der Waals surface area contributed by atoms with Gasteiger partial charge in [-0.15, -0.1) is 26.3 Å². The third-order valence-corrected chi connectivity index (χ3v) is 9.60. The fraction of sp³-hybridized carbons (Fsp3) is 0.159. The molecule has 0 aliphatic rings. The Bertz CT molecular complexity index is 2910. The van der Waals surface area contributed by atoms with Crippen LogP contribution in [0.5, 0.6) is 46.0 Å². The van der Waals surface area contributed by atoms with Gasteiger partial charge in [-0.25, -0.2) is 23.5 Å². The smallest absolute Gasteiger partial charge is 0.493 e. The van der Waals surface area contributed by atoms with E-state index in [1.807, 2.05) is 0 Å². The van der Waals surface area contributed by atoms with E-state index in [0.29, 0.717) is 21.4 Å². The second-order valence-corrected chi connectivity index (χ2v) is 15.2. The van der Waals surface area contributed by atoms with Gasteiger partial charge in [0.15, 0.2) is 23.0 Å². The van der Waals surface area contributed by atoms with Crippen LogP contribution in [0.2, 0.25) is 10.0 Å². The van der Waals surface area contributed by atoms with Gasteiger partial charge in [0.05, 0.1) is 21.3 Å². The van der Waals surface area contributed by atoms with Crippen LogP contribution in [0, 0.1) is 25.5 Å². The van der Waals surface area contributed by atoms with Crippen LogP contribution < -0.4 is 39.1 Å². The molecule has 2 aromatic heterocycles. The summed E-state index contributed by atoms with van der Waals surface area (Å²) >= 11 is 15.1. The highest BCUT2D eigenvalue weighted by Gasteiger charge is 2.33. The van der Waals surface area contributed by atoms with Crippen LogP contribution in [0.3, 0.4) is 0 Å². The number of halogens is 11. The number of alkyl halides is 6. The maximum atomic E-state index is 14.9. The number of nitrogens with zero attached hydrogens (tertiary/aromatic N) is 2. The number of rotatable bonds is 13. The standard InChI is InChI=1S/C23H17ClF4N2O6.C21H14BrClF4N2O4/c1-11-10-29-16(22(32)34-3)9-15(11)30-21(31)20-14(25)6-12(24)7-19(20)35-17-5-4-13(8-18(17)33-2)36-23(26,27)28;1-10-9-28-18(22)8-14(10)29-20(30)19-13(24)5-11(23)6-17(19)32-15-4-3-12(7-16(15)31-2)33-21(25,26)27/h4-10H,1-3H3,(H,29,30,31);3-9H,1-2H3,(H,28,29,30). The maximum Gasteiger partial charge on any atom is 0.573 e. The number of aryl methyl sites for hydroxylation is 2. The van der Waals surface area contributed by atoms with E-state index in [-0.39, 0.29) is 55.9 Å². The Morgan fingerprint density at radius 3 is 1.41 bits per heavy atom. The molecule has 2 N–H and O–H groups in total. The van der Waals surface area contributed by atoms with Crippen LogP contribution in [0.25, 0.3) is 0 Å². The predicted molar refractivity (Wildman–Crippen MR) is 235 cm³/mol. The summed E-state index contributed by atoms with van der Waals surface area (Å²) in [6, 6.07) is 12.9. The first-order valence-electron chi connectivity index (χ1n) is 18.9. The van der Waals surface area contributed by atoms with Crippen molar-refractivity contribution in [1.82, 2.24) is 9.97 Å². The summed E-state index contributed by atoms with van der Waals surface area (Å²) in [5, 5.41) is 4.85. The van der Waals surface area contributed by atoms with Gasteiger partial charge in [-0.1, -0.05) is 23.2 Å². The molecular formula is C44H31BrCl2F8N4O10. The lowest BCUT2D eigenvalue weighted by Crippen LogP contribution is -2.17. The molecule has 364 valence electrons. The van der Waals surface area contributed by atoms with Crippen molar-refractivity contribution < 1.29 is 82.7 Å². The number of esters is 1. The molecule has 0 saturated carbocycles. The van der Waals surface area contributed by atoms with Crippen LogP contribution in [-0.4, -0.2) is 61.8 Å². The van der Waals surface area contributed by atoms with E-state index in [2.05, 4.69) is 50.7 Å². The van der Waals surface area contributed by atoms with E-state index in [1.165, 1.54) is 37.7 Å². The molecule has 0 aliphatic carbocycles. The third-order valence-electron chi connectivity index (χ3n) is 8.73. The molecule has 2 amide bonds. The van der Waals surface area contributed by atoms with Crippen molar-refractivity contribution in [2.45, 2.75) is 26.6 Å². The molecule has 6 aromatic rings. The van der Waals surface area contributed by atoms with E-state index >= 15 is 0 Å². The molecule has 0 aliphatic heterocycles. The highest BCUT2D eigenvalue weighted by atomic mass is 79.9. The molecular weight excluding hydrogens is 1050 g/mol. The number of amides is 2. The summed E-state index contributed by atoms with van der Waals surface area (Å²) in [5.41, 5.74) is 0.421. The number of benzene rings is 4. The number of nitrogens with one attached hydrogen (secondary N) is 2. The molecule has 0 fully saturated rings. The van der Waals surface area contributed by atoms with E-state index in [4.69, 9.17) is 42.1 Å². The molecule has 4 aromatic carbocycles. The fourth-order valence-corrected chi connectivity index (χ4v) is 6.40. The van der Waals surface area contributed by atoms with Gasteiger partial charge in [0.1, 0.15) is 56.1 Å². The zero-order chi connectivity index (χ0) is 51.0. The molecule has 6 rings (SSSR count). The Kier molecular flexibility index (Phi) is 17.1. The van der Waals surface area contributed by atoms with Crippen molar-refractivity contribution in [1.29, 1.82) is 0 Å². The average molecular weight is 1080 g/mol. The number of hydrogen-bond donors (Lipinski definition) is 2. The first-order valence-corrected chi connectivity index (χ1v) is 20.4. The zero-order valence-electron chi connectivity index (χ0n) is 35.7. The van der Waals surface area contributed by atoms with Gasteiger partial charge in [-0.2, -0.15) is 0 Å². The minimum Gasteiger partial charge on any atom is -0.493 e.